The van der Waals surface area contributed by atoms with Gasteiger partial charge in [-0.25, -0.2) is 14.8 Å². The van der Waals surface area contributed by atoms with Crippen LogP contribution in [0.2, 0.25) is 0 Å². The van der Waals surface area contributed by atoms with E-state index in [0.29, 0.717) is 0 Å². The van der Waals surface area contributed by atoms with Gasteiger partial charge in [-0.05, 0) is 48.8 Å². The third-order valence-corrected chi connectivity index (χ3v) is 8.04. The molecular weight excluding hydrogens is 460 g/mol. The quantitative estimate of drug-likeness (QED) is 0.444. The molecule has 0 spiro atoms. The monoisotopic (exact) mass is 488 g/mol. The van der Waals surface area contributed by atoms with E-state index in [4.69, 9.17) is 10.1 Å². The Balaban J connectivity index is 1.26. The average Bonchev–Trinajstić information content (AvgIpc) is 3.51. The van der Waals surface area contributed by atoms with Gasteiger partial charge in [0.2, 0.25) is 0 Å². The van der Waals surface area contributed by atoms with Gasteiger partial charge in [0.1, 0.15) is 22.7 Å². The molecule has 2 aliphatic heterocycles. The third kappa shape index (κ3) is 4.19. The van der Waals surface area contributed by atoms with E-state index in [1.165, 1.54) is 28.0 Å². The second-order valence-corrected chi connectivity index (χ2v) is 10.1. The lowest BCUT2D eigenvalue weighted by molar-refractivity contribution is 0.0691. The van der Waals surface area contributed by atoms with Crippen LogP contribution in [0.25, 0.3) is 22.0 Å². The fourth-order valence-corrected chi connectivity index (χ4v) is 6.26. The van der Waals surface area contributed by atoms with E-state index in [-0.39, 0.29) is 5.69 Å². The van der Waals surface area contributed by atoms with E-state index in [2.05, 4.69) is 50.0 Å². The molecule has 2 aromatic rings. The number of fused-ring (bicyclic) bond motifs is 3. The molecule has 0 saturated carbocycles. The molecule has 0 atom stereocenters. The maximum Gasteiger partial charge on any atom is 0.355 e. The number of nitrogens with zero attached hydrogens (tertiary/aromatic N) is 6. The van der Waals surface area contributed by atoms with Crippen molar-refractivity contribution in [2.24, 2.45) is 0 Å². The van der Waals surface area contributed by atoms with Crippen LogP contribution in [0.15, 0.2) is 42.0 Å². The molecule has 1 N–H and O–H groups in total. The predicted molar refractivity (Wildman–Crippen MR) is 136 cm³/mol. The molecule has 1 saturated heterocycles. The molecule has 180 valence electrons. The Hall–Kier alpha value is -3.30. The Bertz CT molecular complexity index is 1310. The molecular formula is C26H28N6O2S. The Morgan fingerprint density at radius 1 is 1.03 bits per heavy atom. The first kappa shape index (κ1) is 22.2. The number of benzene rings is 1. The van der Waals surface area contributed by atoms with E-state index in [1.54, 1.807) is 11.7 Å². The third-order valence-electron chi connectivity index (χ3n) is 7.18. The van der Waals surface area contributed by atoms with Gasteiger partial charge in [-0.3, -0.25) is 9.91 Å². The van der Waals surface area contributed by atoms with Gasteiger partial charge in [-0.2, -0.15) is 4.79 Å². The Labute approximate surface area is 208 Å². The molecule has 1 aromatic heterocycles. The van der Waals surface area contributed by atoms with Crippen molar-refractivity contribution < 1.29 is 9.90 Å². The smallest absolute Gasteiger partial charge is 0.355 e. The van der Waals surface area contributed by atoms with Crippen molar-refractivity contribution in [3.05, 3.63) is 64.4 Å². The molecule has 6 rings (SSSR count). The SMILES string of the molecule is O=C(O)c1csc(-c2c3ncnn(N4CCN(CCc5ccccc5)CC4)c-3c3c2CCCC3)n1. The summed E-state index contributed by atoms with van der Waals surface area (Å²) in [5, 5.41) is 18.8. The highest BCUT2D eigenvalue weighted by Crippen LogP contribution is 2.45. The highest BCUT2D eigenvalue weighted by Gasteiger charge is 2.33. The number of carbonyl (C=O) groups is 1. The number of aromatic carboxylic acids is 1. The standard InChI is InChI=1S/C26H28N6O2S/c33-26(34)21-16-35-25(29-21)22-19-8-4-5-9-20(19)24-23(22)27-17-28-32(24)31-14-12-30(13-15-31)11-10-18-6-2-1-3-7-18/h1-3,6-7,16-17H,4-5,8-15H2,(H,33,34). The normalized spacial score (nSPS) is 16.5. The number of thiazole rings is 1. The molecule has 1 fully saturated rings. The zero-order valence-corrected chi connectivity index (χ0v) is 20.4. The van der Waals surface area contributed by atoms with Crippen LogP contribution < -0.4 is 5.01 Å². The summed E-state index contributed by atoms with van der Waals surface area (Å²) in [5.74, 6) is -0.993. The zero-order valence-electron chi connectivity index (χ0n) is 19.6. The van der Waals surface area contributed by atoms with E-state index in [1.807, 2.05) is 0 Å². The minimum absolute atomic E-state index is 0.0949. The molecule has 0 amide bonds. The Morgan fingerprint density at radius 2 is 1.80 bits per heavy atom. The number of aromatic nitrogens is 4. The number of piperazine rings is 1. The molecule has 3 heterocycles. The van der Waals surface area contributed by atoms with Crippen LogP contribution in [0.4, 0.5) is 0 Å². The lowest BCUT2D eigenvalue weighted by atomic mass is 9.93. The maximum atomic E-state index is 11.5. The summed E-state index contributed by atoms with van der Waals surface area (Å²) in [7, 11) is 0. The van der Waals surface area contributed by atoms with E-state index in [9.17, 15) is 9.90 Å². The van der Waals surface area contributed by atoms with E-state index >= 15 is 0 Å². The molecule has 0 radical (unpaired) electrons. The second-order valence-electron chi connectivity index (χ2n) is 9.26. The number of carboxylic acids is 1. The largest absolute Gasteiger partial charge is 0.476 e. The summed E-state index contributed by atoms with van der Waals surface area (Å²) in [4.78, 5) is 25.2. The second kappa shape index (κ2) is 9.39. The zero-order chi connectivity index (χ0) is 23.8. The van der Waals surface area contributed by atoms with Crippen molar-refractivity contribution in [1.29, 1.82) is 0 Å². The maximum absolute atomic E-state index is 11.5. The van der Waals surface area contributed by atoms with Crippen LogP contribution in [-0.4, -0.2) is 68.6 Å². The van der Waals surface area contributed by atoms with E-state index in [0.717, 1.165) is 86.8 Å². The van der Waals surface area contributed by atoms with Crippen molar-refractivity contribution in [2.45, 2.75) is 32.1 Å². The number of rotatable bonds is 6. The minimum atomic E-state index is -0.993. The molecule has 0 unspecified atom stereocenters. The predicted octanol–water partition coefficient (Wildman–Crippen LogP) is 3.58. The molecule has 1 aromatic carbocycles. The lowest BCUT2D eigenvalue weighted by Gasteiger charge is -2.37. The van der Waals surface area contributed by atoms with Gasteiger partial charge in [0.05, 0.1) is 0 Å². The van der Waals surface area contributed by atoms with Crippen molar-refractivity contribution in [3.63, 3.8) is 0 Å². The summed E-state index contributed by atoms with van der Waals surface area (Å²) in [5.41, 5.74) is 7.02. The van der Waals surface area contributed by atoms with Gasteiger partial charge >= 0.3 is 5.97 Å². The van der Waals surface area contributed by atoms with Gasteiger partial charge in [0.25, 0.3) is 0 Å². The minimum Gasteiger partial charge on any atom is -0.476 e. The van der Waals surface area contributed by atoms with Crippen molar-refractivity contribution in [1.82, 2.24) is 24.8 Å². The highest BCUT2D eigenvalue weighted by atomic mass is 32.1. The summed E-state index contributed by atoms with van der Waals surface area (Å²) in [6.07, 6.45) is 6.93. The average molecular weight is 489 g/mol. The molecule has 9 heteroatoms. The lowest BCUT2D eigenvalue weighted by Crippen LogP contribution is -2.52. The van der Waals surface area contributed by atoms with Gasteiger partial charge in [-0.15, -0.1) is 16.4 Å². The Morgan fingerprint density at radius 3 is 2.54 bits per heavy atom. The van der Waals surface area contributed by atoms with Crippen molar-refractivity contribution in [2.75, 3.05) is 37.7 Å². The first-order valence-electron chi connectivity index (χ1n) is 12.3. The number of hydrogen-bond donors (Lipinski definition) is 1. The first-order valence-corrected chi connectivity index (χ1v) is 13.1. The van der Waals surface area contributed by atoms with Crippen LogP contribution >= 0.6 is 11.3 Å². The highest BCUT2D eigenvalue weighted by molar-refractivity contribution is 7.13. The van der Waals surface area contributed by atoms with Gasteiger partial charge < -0.3 is 5.11 Å². The van der Waals surface area contributed by atoms with Crippen LogP contribution in [0, 0.1) is 0 Å². The molecule has 2 aliphatic carbocycles. The fourth-order valence-electron chi connectivity index (χ4n) is 5.39. The molecule has 35 heavy (non-hydrogen) atoms. The Kier molecular flexibility index (Phi) is 5.95. The van der Waals surface area contributed by atoms with Gasteiger partial charge in [0.15, 0.2) is 5.69 Å². The topological polar surface area (TPSA) is 87.4 Å². The van der Waals surface area contributed by atoms with Gasteiger partial charge in [-0.1, -0.05) is 30.3 Å². The van der Waals surface area contributed by atoms with Gasteiger partial charge in [0, 0.05) is 43.7 Å². The molecule has 8 nitrogen and oxygen atoms in total. The fraction of sp³-hybridized carbons (Fsp3) is 0.385. The van der Waals surface area contributed by atoms with Crippen LogP contribution in [0.3, 0.4) is 0 Å². The molecule has 4 aliphatic rings. The summed E-state index contributed by atoms with van der Waals surface area (Å²) < 4.78 is 0. The van der Waals surface area contributed by atoms with Crippen LogP contribution in [-0.2, 0) is 19.3 Å². The molecule has 0 bridgehead atoms. The van der Waals surface area contributed by atoms with Crippen LogP contribution in [0.5, 0.6) is 0 Å². The summed E-state index contributed by atoms with van der Waals surface area (Å²) in [6, 6.07) is 10.7. The first-order chi connectivity index (χ1) is 17.2. The number of carboxylic acid groups (broad SMARTS) is 1. The number of hydrogen-bond acceptors (Lipinski definition) is 7. The summed E-state index contributed by atoms with van der Waals surface area (Å²) >= 11 is 1.39. The van der Waals surface area contributed by atoms with Crippen molar-refractivity contribution >= 4 is 17.3 Å². The van der Waals surface area contributed by atoms with Crippen LogP contribution in [0.1, 0.15) is 40.0 Å². The van der Waals surface area contributed by atoms with E-state index < -0.39 is 5.97 Å². The summed E-state index contributed by atoms with van der Waals surface area (Å²) in [6.45, 7) is 4.86. The van der Waals surface area contributed by atoms with Crippen molar-refractivity contribution in [3.8, 4) is 22.0 Å².